The van der Waals surface area contributed by atoms with Gasteiger partial charge in [-0.25, -0.2) is 0 Å². The molecule has 1 saturated heterocycles. The number of nitrogens with zero attached hydrogens (tertiary/aromatic N) is 2. The standard InChI is InChI=1S/C15H18N2O2/c1-11-3-2-4-13(9-16)15(11)17-8-7-12(10-17)5-6-14(18)19/h2-4,12H,5-8,10H2,1H3,(H,18,19). The average molecular weight is 258 g/mol. The Hall–Kier alpha value is -2.02. The Morgan fingerprint density at radius 1 is 1.58 bits per heavy atom. The Kier molecular flexibility index (Phi) is 4.06. The molecule has 4 heteroatoms. The molecule has 1 aliphatic rings. The molecule has 0 aromatic heterocycles. The zero-order valence-corrected chi connectivity index (χ0v) is 11.1. The summed E-state index contributed by atoms with van der Waals surface area (Å²) in [6.07, 6.45) is 1.96. The van der Waals surface area contributed by atoms with Crippen molar-refractivity contribution < 1.29 is 9.90 Å². The van der Waals surface area contributed by atoms with Crippen LogP contribution in [-0.4, -0.2) is 24.2 Å². The van der Waals surface area contributed by atoms with Gasteiger partial charge < -0.3 is 10.0 Å². The quantitative estimate of drug-likeness (QED) is 0.901. The predicted octanol–water partition coefficient (Wildman–Crippen LogP) is 2.56. The third kappa shape index (κ3) is 3.05. The summed E-state index contributed by atoms with van der Waals surface area (Å²) in [7, 11) is 0. The van der Waals surface area contributed by atoms with Gasteiger partial charge in [-0.1, -0.05) is 12.1 Å². The molecule has 19 heavy (non-hydrogen) atoms. The summed E-state index contributed by atoms with van der Waals surface area (Å²) in [4.78, 5) is 12.8. The molecule has 0 aliphatic carbocycles. The van der Waals surface area contributed by atoms with Crippen LogP contribution >= 0.6 is 0 Å². The maximum absolute atomic E-state index is 10.6. The van der Waals surface area contributed by atoms with Gasteiger partial charge in [-0.3, -0.25) is 4.79 Å². The number of hydrogen-bond donors (Lipinski definition) is 1. The number of aryl methyl sites for hydroxylation is 1. The summed E-state index contributed by atoms with van der Waals surface area (Å²) in [6, 6.07) is 8.00. The van der Waals surface area contributed by atoms with Crippen LogP contribution in [0.2, 0.25) is 0 Å². The van der Waals surface area contributed by atoms with Gasteiger partial charge in [0.15, 0.2) is 0 Å². The minimum absolute atomic E-state index is 0.234. The van der Waals surface area contributed by atoms with Crippen molar-refractivity contribution in [3.63, 3.8) is 0 Å². The number of carboxylic acids is 1. The summed E-state index contributed by atoms with van der Waals surface area (Å²) in [5.41, 5.74) is 2.83. The van der Waals surface area contributed by atoms with E-state index in [1.807, 2.05) is 25.1 Å². The minimum atomic E-state index is -0.730. The molecule has 1 atom stereocenters. The third-order valence-electron chi connectivity index (χ3n) is 3.73. The van der Waals surface area contributed by atoms with Crippen LogP contribution in [0, 0.1) is 24.2 Å². The van der Waals surface area contributed by atoms with E-state index in [-0.39, 0.29) is 6.42 Å². The molecule has 1 fully saturated rings. The highest BCUT2D eigenvalue weighted by molar-refractivity contribution is 5.67. The van der Waals surface area contributed by atoms with Crippen molar-refractivity contribution >= 4 is 11.7 Å². The first-order valence-electron chi connectivity index (χ1n) is 6.58. The van der Waals surface area contributed by atoms with Crippen molar-refractivity contribution in [2.75, 3.05) is 18.0 Å². The lowest BCUT2D eigenvalue weighted by Gasteiger charge is -2.22. The van der Waals surface area contributed by atoms with Gasteiger partial charge in [0.1, 0.15) is 6.07 Å². The molecule has 1 aromatic rings. The van der Waals surface area contributed by atoms with E-state index in [0.717, 1.165) is 37.2 Å². The van der Waals surface area contributed by atoms with Gasteiger partial charge in [0, 0.05) is 19.5 Å². The van der Waals surface area contributed by atoms with E-state index in [1.54, 1.807) is 0 Å². The van der Waals surface area contributed by atoms with Crippen LogP contribution < -0.4 is 4.90 Å². The van der Waals surface area contributed by atoms with Crippen LogP contribution in [0.4, 0.5) is 5.69 Å². The lowest BCUT2D eigenvalue weighted by Crippen LogP contribution is -2.21. The third-order valence-corrected chi connectivity index (χ3v) is 3.73. The highest BCUT2D eigenvalue weighted by Crippen LogP contribution is 2.31. The van der Waals surface area contributed by atoms with Crippen molar-refractivity contribution in [2.45, 2.75) is 26.2 Å². The first-order chi connectivity index (χ1) is 9.11. The van der Waals surface area contributed by atoms with Gasteiger partial charge in [-0.05, 0) is 37.3 Å². The Bertz CT molecular complexity index is 519. The van der Waals surface area contributed by atoms with Gasteiger partial charge >= 0.3 is 5.97 Å². The van der Waals surface area contributed by atoms with Crippen molar-refractivity contribution in [3.8, 4) is 6.07 Å². The highest BCUT2D eigenvalue weighted by Gasteiger charge is 2.25. The number of rotatable bonds is 4. The number of hydrogen-bond acceptors (Lipinski definition) is 3. The molecule has 0 spiro atoms. The van der Waals surface area contributed by atoms with Crippen molar-refractivity contribution in [2.24, 2.45) is 5.92 Å². The number of aliphatic carboxylic acids is 1. The summed E-state index contributed by atoms with van der Waals surface area (Å²) in [5.74, 6) is -0.311. The molecule has 1 N–H and O–H groups in total. The van der Waals surface area contributed by atoms with Crippen LogP contribution in [0.15, 0.2) is 18.2 Å². The van der Waals surface area contributed by atoms with Crippen molar-refractivity contribution in [3.05, 3.63) is 29.3 Å². The molecule has 0 amide bonds. The Balaban J connectivity index is 2.09. The van der Waals surface area contributed by atoms with Crippen LogP contribution in [0.5, 0.6) is 0 Å². The molecule has 1 aliphatic heterocycles. The van der Waals surface area contributed by atoms with Gasteiger partial charge in [-0.15, -0.1) is 0 Å². The summed E-state index contributed by atoms with van der Waals surface area (Å²) >= 11 is 0. The highest BCUT2D eigenvalue weighted by atomic mass is 16.4. The number of anilines is 1. The summed E-state index contributed by atoms with van der Waals surface area (Å²) < 4.78 is 0. The van der Waals surface area contributed by atoms with E-state index in [1.165, 1.54) is 0 Å². The number of para-hydroxylation sites is 1. The van der Waals surface area contributed by atoms with Gasteiger partial charge in [-0.2, -0.15) is 5.26 Å². The summed E-state index contributed by atoms with van der Waals surface area (Å²) in [5, 5.41) is 17.9. The maximum Gasteiger partial charge on any atom is 0.303 e. The molecule has 1 aromatic carbocycles. The number of carboxylic acid groups (broad SMARTS) is 1. The van der Waals surface area contributed by atoms with Crippen LogP contribution in [-0.2, 0) is 4.79 Å². The van der Waals surface area contributed by atoms with E-state index < -0.39 is 5.97 Å². The van der Waals surface area contributed by atoms with E-state index in [4.69, 9.17) is 5.11 Å². The summed E-state index contributed by atoms with van der Waals surface area (Å²) in [6.45, 7) is 3.78. The van der Waals surface area contributed by atoms with Crippen molar-refractivity contribution in [1.29, 1.82) is 5.26 Å². The lowest BCUT2D eigenvalue weighted by molar-refractivity contribution is -0.137. The van der Waals surface area contributed by atoms with Gasteiger partial charge in [0.25, 0.3) is 0 Å². The maximum atomic E-state index is 10.6. The smallest absolute Gasteiger partial charge is 0.303 e. The zero-order valence-electron chi connectivity index (χ0n) is 11.1. The largest absolute Gasteiger partial charge is 0.481 e. The molecule has 0 bridgehead atoms. The molecule has 1 heterocycles. The second-order valence-corrected chi connectivity index (χ2v) is 5.12. The SMILES string of the molecule is Cc1cccc(C#N)c1N1CCC(CCC(=O)O)C1. The van der Waals surface area contributed by atoms with E-state index in [2.05, 4.69) is 11.0 Å². The molecular formula is C15H18N2O2. The monoisotopic (exact) mass is 258 g/mol. The first kappa shape index (κ1) is 13.4. The van der Waals surface area contributed by atoms with E-state index >= 15 is 0 Å². The van der Waals surface area contributed by atoms with E-state index in [9.17, 15) is 10.1 Å². The Morgan fingerprint density at radius 3 is 3.05 bits per heavy atom. The normalized spacial score (nSPS) is 18.3. The van der Waals surface area contributed by atoms with Crippen LogP contribution in [0.25, 0.3) is 0 Å². The average Bonchev–Trinajstić information content (AvgIpc) is 2.84. The fourth-order valence-electron chi connectivity index (χ4n) is 2.77. The molecule has 4 nitrogen and oxygen atoms in total. The second-order valence-electron chi connectivity index (χ2n) is 5.12. The molecule has 0 saturated carbocycles. The zero-order chi connectivity index (χ0) is 13.8. The fraction of sp³-hybridized carbons (Fsp3) is 0.467. The fourth-order valence-corrected chi connectivity index (χ4v) is 2.77. The molecule has 1 unspecified atom stereocenters. The number of carbonyl (C=O) groups is 1. The Morgan fingerprint density at radius 2 is 2.37 bits per heavy atom. The van der Waals surface area contributed by atoms with Crippen molar-refractivity contribution in [1.82, 2.24) is 0 Å². The van der Waals surface area contributed by atoms with Crippen LogP contribution in [0.1, 0.15) is 30.4 Å². The number of nitriles is 1. The first-order valence-corrected chi connectivity index (χ1v) is 6.58. The second kappa shape index (κ2) is 5.75. The molecular weight excluding hydrogens is 240 g/mol. The molecule has 2 rings (SSSR count). The minimum Gasteiger partial charge on any atom is -0.481 e. The molecule has 100 valence electrons. The number of benzene rings is 1. The Labute approximate surface area is 113 Å². The topological polar surface area (TPSA) is 64.3 Å². The van der Waals surface area contributed by atoms with E-state index in [0.29, 0.717) is 11.5 Å². The van der Waals surface area contributed by atoms with Gasteiger partial charge in [0.05, 0.1) is 11.3 Å². The van der Waals surface area contributed by atoms with Gasteiger partial charge in [0.2, 0.25) is 0 Å². The molecule has 0 radical (unpaired) electrons. The predicted molar refractivity (Wildman–Crippen MR) is 73.1 cm³/mol. The van der Waals surface area contributed by atoms with Crippen LogP contribution in [0.3, 0.4) is 0 Å². The lowest BCUT2D eigenvalue weighted by atomic mass is 10.0.